The molecule has 0 saturated carbocycles. The smallest absolute Gasteiger partial charge is 0.293 e. The monoisotopic (exact) mass is 339 g/mol. The van der Waals surface area contributed by atoms with Gasteiger partial charge in [-0.2, -0.15) is 11.3 Å². The Balaban J connectivity index is 1.67. The van der Waals surface area contributed by atoms with E-state index in [1.54, 1.807) is 11.3 Å². The number of hydrogen-bond donors (Lipinski definition) is 1. The number of benzene rings is 1. The van der Waals surface area contributed by atoms with Crippen LogP contribution in [0.4, 0.5) is 0 Å². The van der Waals surface area contributed by atoms with Gasteiger partial charge in [0.25, 0.3) is 5.56 Å². The number of H-pyrrole nitrogens is 1. The molecule has 4 rings (SSSR count). The van der Waals surface area contributed by atoms with Crippen LogP contribution in [0.2, 0.25) is 0 Å². The average molecular weight is 339 g/mol. The topological polar surface area (TPSA) is 58.2 Å². The highest BCUT2D eigenvalue weighted by Crippen LogP contribution is 2.22. The van der Waals surface area contributed by atoms with Gasteiger partial charge < -0.3 is 9.72 Å². The van der Waals surface area contributed by atoms with Crippen molar-refractivity contribution in [2.24, 2.45) is 0 Å². The van der Waals surface area contributed by atoms with Crippen molar-refractivity contribution < 1.29 is 4.74 Å². The van der Waals surface area contributed by atoms with Crippen LogP contribution in [-0.4, -0.2) is 28.0 Å². The molecule has 0 saturated heterocycles. The second-order valence-corrected chi connectivity index (χ2v) is 6.53. The normalized spacial score (nSPS) is 14.7. The van der Waals surface area contributed by atoms with Gasteiger partial charge in [0.2, 0.25) is 5.75 Å². The van der Waals surface area contributed by atoms with Crippen LogP contribution < -0.4 is 10.3 Å². The van der Waals surface area contributed by atoms with E-state index in [2.05, 4.69) is 31.7 Å². The zero-order valence-corrected chi connectivity index (χ0v) is 13.9. The lowest BCUT2D eigenvalue weighted by Crippen LogP contribution is -2.25. The highest BCUT2D eigenvalue weighted by molar-refractivity contribution is 7.07. The second-order valence-electron chi connectivity index (χ2n) is 5.75. The minimum atomic E-state index is -0.212. The van der Waals surface area contributed by atoms with Crippen molar-refractivity contribution >= 4 is 11.3 Å². The summed E-state index contributed by atoms with van der Waals surface area (Å²) >= 11 is 1.69. The first-order chi connectivity index (χ1) is 11.8. The quantitative estimate of drug-likeness (QED) is 0.797. The van der Waals surface area contributed by atoms with Gasteiger partial charge in [-0.05, 0) is 22.4 Å². The first kappa shape index (κ1) is 15.1. The molecule has 0 bridgehead atoms. The molecular weight excluding hydrogens is 322 g/mol. The van der Waals surface area contributed by atoms with Gasteiger partial charge in [0.1, 0.15) is 18.1 Å². The van der Waals surface area contributed by atoms with Gasteiger partial charge in [0, 0.05) is 25.2 Å². The van der Waals surface area contributed by atoms with Crippen LogP contribution in [0.5, 0.6) is 5.75 Å². The van der Waals surface area contributed by atoms with Gasteiger partial charge in [-0.3, -0.25) is 9.69 Å². The second kappa shape index (κ2) is 6.59. The lowest BCUT2D eigenvalue weighted by Gasteiger charge is -2.18. The van der Waals surface area contributed by atoms with Crippen LogP contribution in [0.3, 0.4) is 0 Å². The zero-order chi connectivity index (χ0) is 16.4. The van der Waals surface area contributed by atoms with Crippen molar-refractivity contribution in [2.45, 2.75) is 13.1 Å². The molecule has 1 aliphatic heterocycles. The van der Waals surface area contributed by atoms with E-state index in [1.165, 1.54) is 5.56 Å². The highest BCUT2D eigenvalue weighted by Gasteiger charge is 2.21. The van der Waals surface area contributed by atoms with Crippen molar-refractivity contribution in [1.29, 1.82) is 0 Å². The zero-order valence-electron chi connectivity index (χ0n) is 13.1. The molecular formula is C18H17N3O2S. The molecule has 0 fully saturated rings. The summed E-state index contributed by atoms with van der Waals surface area (Å²) in [7, 11) is 0. The first-order valence-corrected chi connectivity index (χ1v) is 8.79. The largest absolute Gasteiger partial charge is 0.485 e. The summed E-state index contributed by atoms with van der Waals surface area (Å²) in [5, 5.41) is 4.22. The molecule has 1 aromatic carbocycles. The Kier molecular flexibility index (Phi) is 4.15. The third-order valence-electron chi connectivity index (χ3n) is 4.01. The molecule has 24 heavy (non-hydrogen) atoms. The molecule has 2 aromatic heterocycles. The first-order valence-electron chi connectivity index (χ1n) is 7.84. The lowest BCUT2D eigenvalue weighted by atomic mass is 10.2. The number of nitrogens with one attached hydrogen (secondary N) is 1. The fourth-order valence-corrected chi connectivity index (χ4v) is 3.50. The van der Waals surface area contributed by atoms with E-state index >= 15 is 0 Å². The van der Waals surface area contributed by atoms with Crippen LogP contribution in [0.1, 0.15) is 11.3 Å². The van der Waals surface area contributed by atoms with E-state index in [4.69, 9.17) is 4.74 Å². The van der Waals surface area contributed by atoms with Crippen molar-refractivity contribution in [3.63, 3.8) is 0 Å². The molecule has 0 radical (unpaired) electrons. The summed E-state index contributed by atoms with van der Waals surface area (Å²) in [4.78, 5) is 22.2. The number of thiophene rings is 1. The van der Waals surface area contributed by atoms with E-state index in [0.717, 1.165) is 18.7 Å². The molecule has 0 amide bonds. The molecule has 3 aromatic rings. The number of aromatic nitrogens is 2. The summed E-state index contributed by atoms with van der Waals surface area (Å²) in [5.41, 5.74) is 2.66. The maximum Gasteiger partial charge on any atom is 0.293 e. The number of fused-ring (bicyclic) bond motifs is 1. The number of nitrogens with zero attached hydrogens (tertiary/aromatic N) is 2. The van der Waals surface area contributed by atoms with Gasteiger partial charge in [-0.1, -0.05) is 30.3 Å². The number of aromatic amines is 1. The maximum atomic E-state index is 12.4. The minimum absolute atomic E-state index is 0.212. The predicted molar refractivity (Wildman–Crippen MR) is 94.2 cm³/mol. The van der Waals surface area contributed by atoms with Gasteiger partial charge in [-0.15, -0.1) is 0 Å². The van der Waals surface area contributed by atoms with Crippen molar-refractivity contribution in [1.82, 2.24) is 14.9 Å². The molecule has 0 spiro atoms. The van der Waals surface area contributed by atoms with Crippen LogP contribution in [0.15, 0.2) is 52.0 Å². The van der Waals surface area contributed by atoms with Crippen LogP contribution >= 0.6 is 11.3 Å². The van der Waals surface area contributed by atoms with E-state index in [1.807, 2.05) is 30.3 Å². The Bertz CT molecular complexity index is 875. The Morgan fingerprint density at radius 2 is 2.12 bits per heavy atom. The molecule has 5 nitrogen and oxygen atoms in total. The standard InChI is InChI=1S/C18H17N3O2S/c22-18-16-15(19-17(20-18)14-4-2-1-3-5-14)11-21(7-8-23-16)10-13-6-9-24-12-13/h1-6,9,12H,7-8,10-11H2,(H,19,20,22). The molecule has 1 aliphatic rings. The third-order valence-corrected chi connectivity index (χ3v) is 4.74. The van der Waals surface area contributed by atoms with Gasteiger partial charge in [-0.25, -0.2) is 4.98 Å². The lowest BCUT2D eigenvalue weighted by molar-refractivity contribution is 0.218. The van der Waals surface area contributed by atoms with Gasteiger partial charge >= 0.3 is 0 Å². The van der Waals surface area contributed by atoms with Crippen molar-refractivity contribution in [2.75, 3.05) is 13.2 Å². The van der Waals surface area contributed by atoms with Crippen LogP contribution in [0, 0.1) is 0 Å². The van der Waals surface area contributed by atoms with Crippen molar-refractivity contribution in [3.05, 3.63) is 68.8 Å². The molecule has 6 heteroatoms. The number of ether oxygens (including phenoxy) is 1. The summed E-state index contributed by atoms with van der Waals surface area (Å²) in [6.07, 6.45) is 0. The van der Waals surface area contributed by atoms with Crippen LogP contribution in [-0.2, 0) is 13.1 Å². The molecule has 122 valence electrons. The summed E-state index contributed by atoms with van der Waals surface area (Å²) in [5.74, 6) is 0.933. The Hall–Kier alpha value is -2.44. The third kappa shape index (κ3) is 3.11. The van der Waals surface area contributed by atoms with E-state index in [0.29, 0.717) is 30.4 Å². The molecule has 1 N–H and O–H groups in total. The summed E-state index contributed by atoms with van der Waals surface area (Å²) < 4.78 is 5.67. The molecule has 0 atom stereocenters. The van der Waals surface area contributed by atoms with Crippen molar-refractivity contribution in [3.8, 4) is 17.1 Å². The predicted octanol–water partition coefficient (Wildman–Crippen LogP) is 2.89. The SMILES string of the molecule is O=c1[nH]c(-c2ccccc2)nc2c1OCCN(Cc1ccsc1)C2. The molecule has 3 heterocycles. The Labute approximate surface area is 143 Å². The summed E-state index contributed by atoms with van der Waals surface area (Å²) in [6.45, 7) is 2.70. The maximum absolute atomic E-state index is 12.4. The Morgan fingerprint density at radius 3 is 2.92 bits per heavy atom. The Morgan fingerprint density at radius 1 is 1.25 bits per heavy atom. The van der Waals surface area contributed by atoms with Crippen LogP contribution in [0.25, 0.3) is 11.4 Å². The van der Waals surface area contributed by atoms with E-state index in [9.17, 15) is 4.79 Å². The fraction of sp³-hybridized carbons (Fsp3) is 0.222. The summed E-state index contributed by atoms with van der Waals surface area (Å²) in [6, 6.07) is 11.8. The van der Waals surface area contributed by atoms with E-state index < -0.39 is 0 Å². The highest BCUT2D eigenvalue weighted by atomic mass is 32.1. The number of hydrogen-bond acceptors (Lipinski definition) is 5. The van der Waals surface area contributed by atoms with Gasteiger partial charge in [0.05, 0.1) is 0 Å². The molecule has 0 aliphatic carbocycles. The molecule has 0 unspecified atom stereocenters. The average Bonchev–Trinajstić information content (AvgIpc) is 3.01. The van der Waals surface area contributed by atoms with E-state index in [-0.39, 0.29) is 5.56 Å². The fourth-order valence-electron chi connectivity index (χ4n) is 2.84. The van der Waals surface area contributed by atoms with Gasteiger partial charge in [0.15, 0.2) is 0 Å². The number of rotatable bonds is 3. The minimum Gasteiger partial charge on any atom is -0.485 e.